The van der Waals surface area contributed by atoms with Crippen molar-refractivity contribution < 1.29 is 4.79 Å². The molecular formula is C31H20ClN3O. The van der Waals surface area contributed by atoms with Gasteiger partial charge in [-0.05, 0) is 52.2 Å². The van der Waals surface area contributed by atoms with Crippen LogP contribution in [0, 0.1) is 28.1 Å². The quantitative estimate of drug-likeness (QED) is 0.300. The fourth-order valence-corrected chi connectivity index (χ4v) is 6.01. The molecule has 0 aliphatic carbocycles. The molecule has 4 aromatic rings. The number of nitrogens with zero attached hydrogens (tertiary/aromatic N) is 3. The van der Waals surface area contributed by atoms with Crippen molar-refractivity contribution >= 4 is 39.9 Å². The zero-order valence-electron chi connectivity index (χ0n) is 19.2. The minimum absolute atomic E-state index is 0.146. The molecule has 0 bridgehead atoms. The molecular weight excluding hydrogens is 466 g/mol. The summed E-state index contributed by atoms with van der Waals surface area (Å²) in [5.41, 5.74) is 1.62. The SMILES string of the molecule is N#CC1(C#N)[C@H](c2cccc3ccccc23)[C@H](C(=O)c2ccc(Cl)cc2)N2c3ccccc3C=C[C@@H]21. The number of halogens is 1. The van der Waals surface area contributed by atoms with Gasteiger partial charge in [-0.15, -0.1) is 0 Å². The summed E-state index contributed by atoms with van der Waals surface area (Å²) in [6.45, 7) is 0. The van der Waals surface area contributed by atoms with Gasteiger partial charge in [-0.25, -0.2) is 0 Å². The number of carbonyl (C=O) groups excluding carboxylic acids is 1. The highest BCUT2D eigenvalue weighted by Gasteiger charge is 2.63. The van der Waals surface area contributed by atoms with Crippen LogP contribution in [0.1, 0.15) is 27.4 Å². The lowest BCUT2D eigenvalue weighted by Gasteiger charge is -2.35. The van der Waals surface area contributed by atoms with E-state index >= 15 is 0 Å². The van der Waals surface area contributed by atoms with Gasteiger partial charge in [0.1, 0.15) is 6.04 Å². The number of fused-ring (bicyclic) bond motifs is 4. The summed E-state index contributed by atoms with van der Waals surface area (Å²) in [5.74, 6) is -0.838. The van der Waals surface area contributed by atoms with Gasteiger partial charge in [0.15, 0.2) is 11.2 Å². The molecule has 0 aromatic heterocycles. The summed E-state index contributed by atoms with van der Waals surface area (Å²) in [4.78, 5) is 16.3. The maximum Gasteiger partial charge on any atom is 0.185 e. The van der Waals surface area contributed by atoms with Crippen molar-refractivity contribution in [1.82, 2.24) is 0 Å². The predicted molar refractivity (Wildman–Crippen MR) is 142 cm³/mol. The average molecular weight is 486 g/mol. The maximum absolute atomic E-state index is 14.3. The van der Waals surface area contributed by atoms with E-state index in [0.29, 0.717) is 10.6 Å². The summed E-state index contributed by atoms with van der Waals surface area (Å²) in [7, 11) is 0. The van der Waals surface area contributed by atoms with Crippen LogP contribution in [-0.2, 0) is 0 Å². The first-order chi connectivity index (χ1) is 17.6. The average Bonchev–Trinajstić information content (AvgIpc) is 3.23. The molecule has 36 heavy (non-hydrogen) atoms. The van der Waals surface area contributed by atoms with Gasteiger partial charge in [-0.3, -0.25) is 4.79 Å². The summed E-state index contributed by atoms with van der Waals surface area (Å²) >= 11 is 6.12. The Labute approximate surface area is 214 Å². The Bertz CT molecular complexity index is 1610. The Morgan fingerprint density at radius 3 is 2.33 bits per heavy atom. The third-order valence-electron chi connectivity index (χ3n) is 7.47. The van der Waals surface area contributed by atoms with Crippen molar-refractivity contribution in [2.45, 2.75) is 18.0 Å². The third-order valence-corrected chi connectivity index (χ3v) is 7.72. The van der Waals surface area contributed by atoms with Crippen molar-refractivity contribution in [3.05, 3.63) is 119 Å². The Kier molecular flexibility index (Phi) is 5.15. The number of benzene rings is 4. The summed E-state index contributed by atoms with van der Waals surface area (Å²) in [6.07, 6.45) is 3.86. The van der Waals surface area contributed by atoms with Crippen molar-refractivity contribution in [2.75, 3.05) is 4.90 Å². The van der Waals surface area contributed by atoms with E-state index in [1.807, 2.05) is 83.8 Å². The zero-order chi connectivity index (χ0) is 24.9. The lowest BCUT2D eigenvalue weighted by Crippen LogP contribution is -2.44. The van der Waals surface area contributed by atoms with Crippen molar-refractivity contribution in [2.24, 2.45) is 5.41 Å². The lowest BCUT2D eigenvalue weighted by atomic mass is 9.68. The van der Waals surface area contributed by atoms with Gasteiger partial charge in [0.05, 0.1) is 18.2 Å². The van der Waals surface area contributed by atoms with Gasteiger partial charge in [-0.2, -0.15) is 10.5 Å². The number of anilines is 1. The standard InChI is InChI=1S/C31H20ClN3O/c32-23-15-12-22(13-16-23)30(36)29-28(25-10-5-8-20-6-1-3-9-24(20)25)31(18-33,19-34)27-17-14-21-7-2-4-11-26(21)35(27)29/h1-17,27-29H/t27-,28-,29-/m1/s1. The number of nitriles is 2. The van der Waals surface area contributed by atoms with Crippen LogP contribution in [0.3, 0.4) is 0 Å². The van der Waals surface area contributed by atoms with E-state index in [4.69, 9.17) is 11.6 Å². The minimum atomic E-state index is -1.49. The molecule has 0 saturated carbocycles. The van der Waals surface area contributed by atoms with Crippen molar-refractivity contribution in [3.63, 3.8) is 0 Å². The van der Waals surface area contributed by atoms with Crippen LogP contribution in [-0.4, -0.2) is 17.9 Å². The van der Waals surface area contributed by atoms with Gasteiger partial charge in [-0.1, -0.05) is 84.4 Å². The number of para-hydroxylation sites is 1. The Hall–Kier alpha value is -4.38. The third kappa shape index (κ3) is 3.09. The summed E-state index contributed by atoms with van der Waals surface area (Å²) in [6, 6.07) is 31.8. The predicted octanol–water partition coefficient (Wildman–Crippen LogP) is 6.78. The Morgan fingerprint density at radius 2 is 1.56 bits per heavy atom. The number of rotatable bonds is 3. The number of ketones is 1. The molecule has 0 spiro atoms. The largest absolute Gasteiger partial charge is 0.351 e. The Balaban J connectivity index is 1.67. The van der Waals surface area contributed by atoms with Crippen molar-refractivity contribution in [3.8, 4) is 12.1 Å². The highest BCUT2D eigenvalue weighted by Crippen LogP contribution is 2.56. The molecule has 0 N–H and O–H groups in total. The van der Waals surface area contributed by atoms with Gasteiger partial charge in [0, 0.05) is 22.2 Å². The molecule has 4 nitrogen and oxygen atoms in total. The molecule has 0 unspecified atom stereocenters. The van der Waals surface area contributed by atoms with E-state index in [1.54, 1.807) is 24.3 Å². The van der Waals surface area contributed by atoms with E-state index in [1.165, 1.54) is 0 Å². The number of Topliss-reactive ketones (excluding diaryl/α,β-unsaturated/α-hetero) is 1. The highest BCUT2D eigenvalue weighted by molar-refractivity contribution is 6.30. The molecule has 172 valence electrons. The van der Waals surface area contributed by atoms with Crippen LogP contribution >= 0.6 is 11.6 Å². The fraction of sp³-hybridized carbons (Fsp3) is 0.129. The fourth-order valence-electron chi connectivity index (χ4n) is 5.88. The van der Waals surface area contributed by atoms with E-state index in [9.17, 15) is 15.3 Å². The molecule has 2 heterocycles. The summed E-state index contributed by atoms with van der Waals surface area (Å²) < 4.78 is 0. The van der Waals surface area contributed by atoms with Crippen molar-refractivity contribution in [1.29, 1.82) is 10.5 Å². The molecule has 2 aliphatic heterocycles. The van der Waals surface area contributed by atoms with Crippen LogP contribution < -0.4 is 4.90 Å². The molecule has 6 rings (SSSR count). The smallest absolute Gasteiger partial charge is 0.185 e. The normalized spacial score (nSPS) is 21.3. The summed E-state index contributed by atoms with van der Waals surface area (Å²) in [5, 5.41) is 23.8. The molecule has 4 aromatic carbocycles. The number of hydrogen-bond donors (Lipinski definition) is 0. The maximum atomic E-state index is 14.3. The molecule has 2 aliphatic rings. The van der Waals surface area contributed by atoms with Gasteiger partial charge in [0.25, 0.3) is 0 Å². The number of hydrogen-bond acceptors (Lipinski definition) is 4. The lowest BCUT2D eigenvalue weighted by molar-refractivity contribution is 0.0951. The molecule has 0 radical (unpaired) electrons. The first-order valence-electron chi connectivity index (χ1n) is 11.7. The second-order valence-corrected chi connectivity index (χ2v) is 9.66. The number of carbonyl (C=O) groups is 1. The molecule has 5 heteroatoms. The second kappa shape index (κ2) is 8.38. The minimum Gasteiger partial charge on any atom is -0.351 e. The molecule has 3 atom stereocenters. The van der Waals surface area contributed by atoms with Gasteiger partial charge >= 0.3 is 0 Å². The van der Waals surface area contributed by atoms with E-state index in [-0.39, 0.29) is 5.78 Å². The van der Waals surface area contributed by atoms with Gasteiger partial charge < -0.3 is 4.90 Å². The zero-order valence-corrected chi connectivity index (χ0v) is 19.9. The monoisotopic (exact) mass is 485 g/mol. The highest BCUT2D eigenvalue weighted by atomic mass is 35.5. The van der Waals surface area contributed by atoms with Crippen LogP contribution in [0.25, 0.3) is 16.8 Å². The van der Waals surface area contributed by atoms with Crippen LogP contribution in [0.2, 0.25) is 5.02 Å². The topological polar surface area (TPSA) is 67.9 Å². The molecule has 1 saturated heterocycles. The molecule has 0 amide bonds. The first kappa shape index (κ1) is 22.1. The van der Waals surface area contributed by atoms with Crippen LogP contribution in [0.4, 0.5) is 5.69 Å². The van der Waals surface area contributed by atoms with Crippen LogP contribution in [0.15, 0.2) is 97.1 Å². The Morgan fingerprint density at radius 1 is 0.861 bits per heavy atom. The van der Waals surface area contributed by atoms with E-state index in [2.05, 4.69) is 12.1 Å². The second-order valence-electron chi connectivity index (χ2n) is 9.22. The van der Waals surface area contributed by atoms with Crippen LogP contribution in [0.5, 0.6) is 0 Å². The molecule has 1 fully saturated rings. The van der Waals surface area contributed by atoms with E-state index < -0.39 is 23.4 Å². The van der Waals surface area contributed by atoms with E-state index in [0.717, 1.165) is 27.6 Å². The first-order valence-corrected chi connectivity index (χ1v) is 12.1. The van der Waals surface area contributed by atoms with Gasteiger partial charge in [0.2, 0.25) is 0 Å².